The zero-order valence-electron chi connectivity index (χ0n) is 7.43. The molecule has 0 aliphatic rings. The fourth-order valence-corrected chi connectivity index (χ4v) is 1.44. The summed E-state index contributed by atoms with van der Waals surface area (Å²) in [6.45, 7) is 1.47. The van der Waals surface area contributed by atoms with Gasteiger partial charge in [0.05, 0.1) is 12.8 Å². The van der Waals surface area contributed by atoms with Gasteiger partial charge in [-0.05, 0) is 35.0 Å². The third-order valence-electron chi connectivity index (χ3n) is 1.72. The Morgan fingerprint density at radius 2 is 2.15 bits per heavy atom. The van der Waals surface area contributed by atoms with Gasteiger partial charge in [-0.3, -0.25) is 4.79 Å². The highest BCUT2D eigenvalue weighted by Gasteiger charge is 2.09. The van der Waals surface area contributed by atoms with E-state index in [-0.39, 0.29) is 5.78 Å². The molecule has 1 aromatic rings. The van der Waals surface area contributed by atoms with E-state index in [1.807, 2.05) is 0 Å². The Labute approximate surface area is 85.0 Å². The number of anilines is 1. The largest absolute Gasteiger partial charge is 0.497 e. The van der Waals surface area contributed by atoms with E-state index in [1.54, 1.807) is 19.2 Å². The number of hydrogen-bond donors (Lipinski definition) is 1. The molecule has 0 atom stereocenters. The Bertz CT molecular complexity index is 350. The van der Waals surface area contributed by atoms with Gasteiger partial charge < -0.3 is 10.5 Å². The van der Waals surface area contributed by atoms with Crippen LogP contribution in [0.5, 0.6) is 5.75 Å². The minimum absolute atomic E-state index is 0.0721. The molecule has 0 saturated heterocycles. The fraction of sp³-hybridized carbons (Fsp3) is 0.222. The van der Waals surface area contributed by atoms with Gasteiger partial charge in [-0.1, -0.05) is 0 Å². The minimum Gasteiger partial charge on any atom is -0.497 e. The number of halogens is 1. The number of rotatable bonds is 2. The Morgan fingerprint density at radius 1 is 1.54 bits per heavy atom. The van der Waals surface area contributed by atoms with E-state index in [4.69, 9.17) is 10.5 Å². The van der Waals surface area contributed by atoms with Crippen LogP contribution in [0.3, 0.4) is 0 Å². The van der Waals surface area contributed by atoms with Gasteiger partial charge in [-0.2, -0.15) is 0 Å². The van der Waals surface area contributed by atoms with Gasteiger partial charge in [0.2, 0.25) is 0 Å². The number of ketones is 1. The van der Waals surface area contributed by atoms with Crippen molar-refractivity contribution in [3.8, 4) is 5.75 Å². The normalized spacial score (nSPS) is 9.77. The number of benzene rings is 1. The maximum absolute atomic E-state index is 11.1. The molecule has 3 nitrogen and oxygen atoms in total. The lowest BCUT2D eigenvalue weighted by atomic mass is 10.1. The van der Waals surface area contributed by atoms with Crippen LogP contribution in [-0.4, -0.2) is 12.9 Å². The Kier molecular flexibility index (Phi) is 2.93. The van der Waals surface area contributed by atoms with Gasteiger partial charge in [0.25, 0.3) is 0 Å². The highest BCUT2D eigenvalue weighted by atomic mass is 79.9. The molecule has 1 rings (SSSR count). The summed E-state index contributed by atoms with van der Waals surface area (Å²) in [7, 11) is 1.54. The molecule has 1 aromatic carbocycles. The van der Waals surface area contributed by atoms with Crippen molar-refractivity contribution in [3.05, 3.63) is 22.2 Å². The molecule has 0 radical (unpaired) electrons. The monoisotopic (exact) mass is 243 g/mol. The van der Waals surface area contributed by atoms with Crippen molar-refractivity contribution >= 4 is 27.4 Å². The third-order valence-corrected chi connectivity index (χ3v) is 2.37. The Morgan fingerprint density at radius 3 is 2.62 bits per heavy atom. The second-order valence-electron chi connectivity index (χ2n) is 2.63. The summed E-state index contributed by atoms with van der Waals surface area (Å²) in [5.41, 5.74) is 6.61. The van der Waals surface area contributed by atoms with Crippen LogP contribution in [0.4, 0.5) is 5.69 Å². The van der Waals surface area contributed by atoms with Gasteiger partial charge in [0, 0.05) is 10.0 Å². The van der Waals surface area contributed by atoms with Crippen LogP contribution in [0.25, 0.3) is 0 Å². The van der Waals surface area contributed by atoms with Crippen molar-refractivity contribution < 1.29 is 9.53 Å². The summed E-state index contributed by atoms with van der Waals surface area (Å²) in [4.78, 5) is 11.1. The molecule has 2 N–H and O–H groups in total. The predicted octanol–water partition coefficient (Wildman–Crippen LogP) is 2.24. The van der Waals surface area contributed by atoms with Crippen molar-refractivity contribution in [1.82, 2.24) is 0 Å². The molecule has 0 heterocycles. The minimum atomic E-state index is -0.0721. The average Bonchev–Trinajstić information content (AvgIpc) is 2.09. The predicted molar refractivity (Wildman–Crippen MR) is 55.1 cm³/mol. The van der Waals surface area contributed by atoms with E-state index in [2.05, 4.69) is 15.9 Å². The zero-order chi connectivity index (χ0) is 10.0. The summed E-state index contributed by atoms with van der Waals surface area (Å²) in [6.07, 6.45) is 0. The van der Waals surface area contributed by atoms with Gasteiger partial charge >= 0.3 is 0 Å². The van der Waals surface area contributed by atoms with Crippen LogP contribution in [0, 0.1) is 0 Å². The molecule has 13 heavy (non-hydrogen) atoms. The first-order valence-corrected chi connectivity index (χ1v) is 4.49. The van der Waals surface area contributed by atoms with Crippen LogP contribution in [-0.2, 0) is 0 Å². The molecular weight excluding hydrogens is 234 g/mol. The highest BCUT2D eigenvalue weighted by Crippen LogP contribution is 2.29. The molecule has 0 aliphatic heterocycles. The zero-order valence-corrected chi connectivity index (χ0v) is 9.01. The van der Waals surface area contributed by atoms with Crippen molar-refractivity contribution in [2.45, 2.75) is 6.92 Å². The number of nitrogen functional groups attached to an aromatic ring is 1. The maximum Gasteiger partial charge on any atom is 0.162 e. The quantitative estimate of drug-likeness (QED) is 0.641. The fourth-order valence-electron chi connectivity index (χ4n) is 1.00. The van der Waals surface area contributed by atoms with Crippen LogP contribution in [0.2, 0.25) is 0 Å². The Hall–Kier alpha value is -1.03. The molecule has 0 fully saturated rings. The SMILES string of the molecule is COc1cc(Br)c(N)c(C(C)=O)c1. The number of carbonyl (C=O) groups excluding carboxylic acids is 1. The number of hydrogen-bond acceptors (Lipinski definition) is 3. The number of carbonyl (C=O) groups is 1. The first-order chi connectivity index (χ1) is 6.06. The van der Waals surface area contributed by atoms with E-state index in [1.165, 1.54) is 6.92 Å². The van der Waals surface area contributed by atoms with Crippen LogP contribution < -0.4 is 10.5 Å². The van der Waals surface area contributed by atoms with Gasteiger partial charge in [-0.25, -0.2) is 0 Å². The van der Waals surface area contributed by atoms with Crippen molar-refractivity contribution in [1.29, 1.82) is 0 Å². The van der Waals surface area contributed by atoms with Crippen molar-refractivity contribution in [2.75, 3.05) is 12.8 Å². The molecule has 0 aliphatic carbocycles. The van der Waals surface area contributed by atoms with E-state index < -0.39 is 0 Å². The molecule has 0 aromatic heterocycles. The molecule has 0 spiro atoms. The number of methoxy groups -OCH3 is 1. The molecular formula is C9H10BrNO2. The van der Waals surface area contributed by atoms with Gasteiger partial charge in [0.1, 0.15) is 5.75 Å². The number of nitrogens with two attached hydrogens (primary N) is 1. The summed E-state index contributed by atoms with van der Waals surface area (Å²) >= 11 is 3.25. The molecule has 70 valence electrons. The van der Waals surface area contributed by atoms with Crippen molar-refractivity contribution in [2.24, 2.45) is 0 Å². The smallest absolute Gasteiger partial charge is 0.162 e. The second-order valence-corrected chi connectivity index (χ2v) is 3.48. The standard InChI is InChI=1S/C9H10BrNO2/c1-5(12)7-3-6(13-2)4-8(10)9(7)11/h3-4H,11H2,1-2H3. The molecule has 0 unspecified atom stereocenters. The van der Waals surface area contributed by atoms with Crippen LogP contribution in [0.1, 0.15) is 17.3 Å². The van der Waals surface area contributed by atoms with Crippen LogP contribution >= 0.6 is 15.9 Å². The third kappa shape index (κ3) is 2.01. The number of ether oxygens (including phenoxy) is 1. The lowest BCUT2D eigenvalue weighted by Gasteiger charge is -2.07. The molecule has 0 bridgehead atoms. The lowest BCUT2D eigenvalue weighted by molar-refractivity contribution is 0.101. The van der Waals surface area contributed by atoms with E-state index in [9.17, 15) is 4.79 Å². The maximum atomic E-state index is 11.1. The molecule has 0 saturated carbocycles. The summed E-state index contributed by atoms with van der Waals surface area (Å²) in [5.74, 6) is 0.545. The molecule has 4 heteroatoms. The second kappa shape index (κ2) is 3.79. The summed E-state index contributed by atoms with van der Waals surface area (Å²) < 4.78 is 5.68. The van der Waals surface area contributed by atoms with Crippen molar-refractivity contribution in [3.63, 3.8) is 0 Å². The van der Waals surface area contributed by atoms with E-state index in [0.29, 0.717) is 21.5 Å². The lowest BCUT2D eigenvalue weighted by Crippen LogP contribution is -2.01. The molecule has 0 amide bonds. The summed E-state index contributed by atoms with van der Waals surface area (Å²) in [6, 6.07) is 3.35. The topological polar surface area (TPSA) is 52.3 Å². The average molecular weight is 244 g/mol. The first kappa shape index (κ1) is 10.1. The summed E-state index contributed by atoms with van der Waals surface area (Å²) in [5, 5.41) is 0. The van der Waals surface area contributed by atoms with Crippen LogP contribution in [0.15, 0.2) is 16.6 Å². The highest BCUT2D eigenvalue weighted by molar-refractivity contribution is 9.10. The van der Waals surface area contributed by atoms with E-state index >= 15 is 0 Å². The number of Topliss-reactive ketones (excluding diaryl/α,β-unsaturated/α-hetero) is 1. The van der Waals surface area contributed by atoms with E-state index in [0.717, 1.165) is 0 Å². The van der Waals surface area contributed by atoms with Gasteiger partial charge in [0.15, 0.2) is 5.78 Å². The first-order valence-electron chi connectivity index (χ1n) is 3.70. The van der Waals surface area contributed by atoms with Gasteiger partial charge in [-0.15, -0.1) is 0 Å². The Balaban J connectivity index is 3.33.